The average molecular weight is 265 g/mol. The summed E-state index contributed by atoms with van der Waals surface area (Å²) in [6.45, 7) is 5.41. The highest BCUT2D eigenvalue weighted by Gasteiger charge is 2.23. The minimum Gasteiger partial charge on any atom is -0.303 e. The Hall–Kier alpha value is -0.370. The summed E-state index contributed by atoms with van der Waals surface area (Å²) in [5.41, 5.74) is 0. The second-order valence-corrected chi connectivity index (χ2v) is 6.85. The van der Waals surface area contributed by atoms with E-state index in [1.54, 1.807) is 6.92 Å². The van der Waals surface area contributed by atoms with E-state index in [4.69, 9.17) is 0 Å². The summed E-state index contributed by atoms with van der Waals surface area (Å²) < 4.78 is 0. The van der Waals surface area contributed by atoms with Crippen LogP contribution in [-0.4, -0.2) is 30.3 Å². The first-order chi connectivity index (χ1) is 9.24. The van der Waals surface area contributed by atoms with E-state index in [9.17, 15) is 4.79 Å². The van der Waals surface area contributed by atoms with Gasteiger partial charge in [0.25, 0.3) is 0 Å². The highest BCUT2D eigenvalue weighted by molar-refractivity contribution is 5.75. The summed E-state index contributed by atoms with van der Waals surface area (Å²) in [6.07, 6.45) is 13.5. The lowest BCUT2D eigenvalue weighted by Gasteiger charge is -2.35. The van der Waals surface area contributed by atoms with Gasteiger partial charge < -0.3 is 9.69 Å². The van der Waals surface area contributed by atoms with Crippen LogP contribution in [0.5, 0.6) is 0 Å². The van der Waals surface area contributed by atoms with E-state index in [0.717, 1.165) is 31.2 Å². The zero-order valence-electron chi connectivity index (χ0n) is 12.7. The molecule has 0 aromatic rings. The smallest absolute Gasteiger partial charge is 0.129 e. The fourth-order valence-electron chi connectivity index (χ4n) is 3.99. The number of likely N-dealkylation sites (tertiary alicyclic amines) is 1. The second kappa shape index (κ2) is 8.04. The van der Waals surface area contributed by atoms with Gasteiger partial charge in [-0.05, 0) is 57.5 Å². The lowest BCUT2D eigenvalue weighted by atomic mass is 9.80. The SMILES string of the molecule is CC(=O)CCCN1CCCC(CC2CCCCC2)C1. The van der Waals surface area contributed by atoms with Crippen molar-refractivity contribution in [2.75, 3.05) is 19.6 Å². The van der Waals surface area contributed by atoms with Crippen molar-refractivity contribution in [2.24, 2.45) is 11.8 Å². The predicted octanol–water partition coefficient (Wildman–Crippen LogP) is 4.04. The van der Waals surface area contributed by atoms with Crippen LogP contribution in [0.3, 0.4) is 0 Å². The number of piperidine rings is 1. The molecule has 2 heteroatoms. The van der Waals surface area contributed by atoms with Crippen LogP contribution >= 0.6 is 0 Å². The molecule has 2 rings (SSSR count). The normalized spacial score (nSPS) is 26.5. The van der Waals surface area contributed by atoms with Gasteiger partial charge in [0, 0.05) is 13.0 Å². The Kier molecular flexibility index (Phi) is 6.36. The second-order valence-electron chi connectivity index (χ2n) is 6.85. The molecule has 0 bridgehead atoms. The number of ketones is 1. The van der Waals surface area contributed by atoms with E-state index in [2.05, 4.69) is 4.90 Å². The standard InChI is InChI=1S/C17H31NO/c1-15(19)7-5-11-18-12-6-10-17(14-18)13-16-8-3-2-4-9-16/h16-17H,2-14H2,1H3. The van der Waals surface area contributed by atoms with Crippen LogP contribution < -0.4 is 0 Å². The van der Waals surface area contributed by atoms with E-state index in [1.165, 1.54) is 64.5 Å². The van der Waals surface area contributed by atoms with Crippen molar-refractivity contribution in [3.05, 3.63) is 0 Å². The van der Waals surface area contributed by atoms with Gasteiger partial charge in [-0.2, -0.15) is 0 Å². The van der Waals surface area contributed by atoms with Gasteiger partial charge in [0.05, 0.1) is 0 Å². The van der Waals surface area contributed by atoms with Gasteiger partial charge in [0.15, 0.2) is 0 Å². The van der Waals surface area contributed by atoms with Crippen molar-refractivity contribution in [2.45, 2.75) is 71.1 Å². The number of carbonyl (C=O) groups is 1. The summed E-state index contributed by atoms with van der Waals surface area (Å²) in [6, 6.07) is 0. The quantitative estimate of drug-likeness (QED) is 0.722. The minimum atomic E-state index is 0.343. The molecule has 110 valence electrons. The van der Waals surface area contributed by atoms with Crippen LogP contribution in [0.1, 0.15) is 71.1 Å². The van der Waals surface area contributed by atoms with E-state index in [0.29, 0.717) is 5.78 Å². The van der Waals surface area contributed by atoms with E-state index in [-0.39, 0.29) is 0 Å². The molecular formula is C17H31NO. The zero-order valence-corrected chi connectivity index (χ0v) is 12.7. The molecule has 2 fully saturated rings. The number of carbonyl (C=O) groups excluding carboxylic acids is 1. The van der Waals surface area contributed by atoms with Crippen LogP contribution in [-0.2, 0) is 4.79 Å². The minimum absolute atomic E-state index is 0.343. The molecular weight excluding hydrogens is 234 g/mol. The van der Waals surface area contributed by atoms with Gasteiger partial charge in [-0.15, -0.1) is 0 Å². The molecule has 1 saturated heterocycles. The fourth-order valence-corrected chi connectivity index (χ4v) is 3.99. The maximum Gasteiger partial charge on any atom is 0.129 e. The molecule has 1 unspecified atom stereocenters. The molecule has 19 heavy (non-hydrogen) atoms. The molecule has 1 aliphatic carbocycles. The topological polar surface area (TPSA) is 20.3 Å². The zero-order chi connectivity index (χ0) is 13.5. The van der Waals surface area contributed by atoms with Crippen molar-refractivity contribution >= 4 is 5.78 Å². The third-order valence-electron chi connectivity index (χ3n) is 5.00. The summed E-state index contributed by atoms with van der Waals surface area (Å²) >= 11 is 0. The highest BCUT2D eigenvalue weighted by atomic mass is 16.1. The molecule has 1 atom stereocenters. The lowest BCUT2D eigenvalue weighted by molar-refractivity contribution is -0.117. The predicted molar refractivity (Wildman–Crippen MR) is 80.3 cm³/mol. The number of Topliss-reactive ketones (excluding diaryl/α,β-unsaturated/α-hetero) is 1. The van der Waals surface area contributed by atoms with Gasteiger partial charge >= 0.3 is 0 Å². The van der Waals surface area contributed by atoms with E-state index < -0.39 is 0 Å². The van der Waals surface area contributed by atoms with E-state index in [1.807, 2.05) is 0 Å². The fraction of sp³-hybridized carbons (Fsp3) is 0.941. The van der Waals surface area contributed by atoms with Gasteiger partial charge in [-0.1, -0.05) is 32.1 Å². The molecule has 2 nitrogen and oxygen atoms in total. The van der Waals surface area contributed by atoms with Crippen LogP contribution in [0.15, 0.2) is 0 Å². The van der Waals surface area contributed by atoms with Crippen molar-refractivity contribution < 1.29 is 4.79 Å². The Morgan fingerprint density at radius 1 is 1.05 bits per heavy atom. The van der Waals surface area contributed by atoms with Crippen LogP contribution in [0.25, 0.3) is 0 Å². The lowest BCUT2D eigenvalue weighted by Crippen LogP contribution is -2.37. The number of rotatable bonds is 6. The summed E-state index contributed by atoms with van der Waals surface area (Å²) in [4.78, 5) is 13.6. The first kappa shape index (κ1) is 15.0. The number of hydrogen-bond donors (Lipinski definition) is 0. The monoisotopic (exact) mass is 265 g/mol. The molecule has 1 aliphatic heterocycles. The van der Waals surface area contributed by atoms with Crippen molar-refractivity contribution in [1.82, 2.24) is 4.90 Å². The third-order valence-corrected chi connectivity index (χ3v) is 5.00. The number of hydrogen-bond acceptors (Lipinski definition) is 2. The van der Waals surface area contributed by atoms with Gasteiger partial charge in [-0.25, -0.2) is 0 Å². The first-order valence-electron chi connectivity index (χ1n) is 8.46. The van der Waals surface area contributed by atoms with Gasteiger partial charge in [-0.3, -0.25) is 0 Å². The maximum absolute atomic E-state index is 11.0. The Bertz CT molecular complexity index is 270. The molecule has 0 aromatic heterocycles. The molecule has 0 spiro atoms. The highest BCUT2D eigenvalue weighted by Crippen LogP contribution is 2.32. The first-order valence-corrected chi connectivity index (χ1v) is 8.46. The van der Waals surface area contributed by atoms with Crippen LogP contribution in [0, 0.1) is 11.8 Å². The molecule has 0 radical (unpaired) electrons. The summed E-state index contributed by atoms with van der Waals surface area (Å²) in [5.74, 6) is 2.31. The molecule has 0 amide bonds. The largest absolute Gasteiger partial charge is 0.303 e. The van der Waals surface area contributed by atoms with Crippen molar-refractivity contribution in [3.63, 3.8) is 0 Å². The Morgan fingerprint density at radius 3 is 2.53 bits per heavy atom. The molecule has 2 aliphatic rings. The maximum atomic E-state index is 11.0. The third kappa shape index (κ3) is 5.64. The van der Waals surface area contributed by atoms with Crippen LogP contribution in [0.2, 0.25) is 0 Å². The Morgan fingerprint density at radius 2 is 1.79 bits per heavy atom. The summed E-state index contributed by atoms with van der Waals surface area (Å²) in [5, 5.41) is 0. The molecule has 0 N–H and O–H groups in total. The molecule has 1 saturated carbocycles. The van der Waals surface area contributed by atoms with Gasteiger partial charge in [0.2, 0.25) is 0 Å². The van der Waals surface area contributed by atoms with E-state index >= 15 is 0 Å². The molecule has 0 aromatic carbocycles. The molecule has 1 heterocycles. The number of nitrogens with zero attached hydrogens (tertiary/aromatic N) is 1. The van der Waals surface area contributed by atoms with Crippen molar-refractivity contribution in [1.29, 1.82) is 0 Å². The Balaban J connectivity index is 1.66. The Labute approximate surface area is 118 Å². The van der Waals surface area contributed by atoms with Gasteiger partial charge in [0.1, 0.15) is 5.78 Å². The van der Waals surface area contributed by atoms with Crippen molar-refractivity contribution in [3.8, 4) is 0 Å². The summed E-state index contributed by atoms with van der Waals surface area (Å²) in [7, 11) is 0. The average Bonchev–Trinajstić information content (AvgIpc) is 2.40. The van der Waals surface area contributed by atoms with Crippen LogP contribution in [0.4, 0.5) is 0 Å².